The van der Waals surface area contributed by atoms with Gasteiger partial charge in [0.05, 0.1) is 6.26 Å². The van der Waals surface area contributed by atoms with E-state index in [1.165, 1.54) is 6.26 Å². The van der Waals surface area contributed by atoms with Gasteiger partial charge in [0.15, 0.2) is 5.78 Å². The number of ether oxygens (including phenoxy) is 1. The highest BCUT2D eigenvalue weighted by atomic mass is 16.5. The lowest BCUT2D eigenvalue weighted by atomic mass is 10.3. The molecule has 0 unspecified atom stereocenters. The van der Waals surface area contributed by atoms with E-state index in [0.717, 1.165) is 0 Å². The van der Waals surface area contributed by atoms with Gasteiger partial charge in [0, 0.05) is 6.42 Å². The molecule has 0 N–H and O–H groups in total. The van der Waals surface area contributed by atoms with Crippen molar-refractivity contribution in [1.82, 2.24) is 0 Å². The van der Waals surface area contributed by atoms with Crippen LogP contribution in [0, 0.1) is 0 Å². The first-order valence-electron chi connectivity index (χ1n) is 2.55. The molecular weight excluding hydrogens is 104 g/mol. The summed E-state index contributed by atoms with van der Waals surface area (Å²) in [6, 6.07) is 0. The molecule has 46 valence electrons. The molecule has 0 radical (unpaired) electrons. The molecule has 2 nitrogen and oxygen atoms in total. The molecule has 0 saturated carbocycles. The Labute approximate surface area is 49.1 Å². The smallest absolute Gasteiger partial charge is 0.169 e. The lowest BCUT2D eigenvalue weighted by Crippen LogP contribution is -2.02. The van der Waals surface area contributed by atoms with Gasteiger partial charge in [0.1, 0.15) is 6.61 Å². The Kier molecular flexibility index (Phi) is 3.94. The predicted molar refractivity (Wildman–Crippen MR) is 31.4 cm³/mol. The van der Waals surface area contributed by atoms with Crippen molar-refractivity contribution in [2.75, 3.05) is 6.61 Å². The molecule has 0 aromatic heterocycles. The Hall–Kier alpha value is -0.790. The summed E-state index contributed by atoms with van der Waals surface area (Å²) in [4.78, 5) is 10.4. The molecule has 0 rings (SSSR count). The normalized spacial score (nSPS) is 8.12. The number of rotatable bonds is 4. The number of Topliss-reactive ketones (excluding diaryl/α,β-unsaturated/α-hetero) is 1. The molecule has 2 heteroatoms. The van der Waals surface area contributed by atoms with Gasteiger partial charge < -0.3 is 4.74 Å². The average Bonchev–Trinajstić information content (AvgIpc) is 1.83. The van der Waals surface area contributed by atoms with Crippen LogP contribution in [0.4, 0.5) is 0 Å². The van der Waals surface area contributed by atoms with Crippen molar-refractivity contribution in [1.29, 1.82) is 0 Å². The van der Waals surface area contributed by atoms with Crippen LogP contribution >= 0.6 is 0 Å². The van der Waals surface area contributed by atoms with Crippen LogP contribution in [0.2, 0.25) is 0 Å². The molecular formula is C6H10O2. The number of hydrogen-bond acceptors (Lipinski definition) is 2. The molecule has 0 aromatic rings. The van der Waals surface area contributed by atoms with Gasteiger partial charge in [-0.3, -0.25) is 4.79 Å². The van der Waals surface area contributed by atoms with Gasteiger partial charge in [-0.05, 0) is 0 Å². The van der Waals surface area contributed by atoms with Gasteiger partial charge in [0.25, 0.3) is 0 Å². The minimum atomic E-state index is 0.102. The summed E-state index contributed by atoms with van der Waals surface area (Å²) >= 11 is 0. The van der Waals surface area contributed by atoms with E-state index in [2.05, 4.69) is 11.3 Å². The van der Waals surface area contributed by atoms with E-state index in [-0.39, 0.29) is 12.4 Å². The van der Waals surface area contributed by atoms with Crippen molar-refractivity contribution in [3.8, 4) is 0 Å². The summed E-state index contributed by atoms with van der Waals surface area (Å²) in [5, 5.41) is 0. The molecule has 0 aliphatic rings. The summed E-state index contributed by atoms with van der Waals surface area (Å²) in [5.74, 6) is 0.102. The van der Waals surface area contributed by atoms with Crippen molar-refractivity contribution in [3.63, 3.8) is 0 Å². The van der Waals surface area contributed by atoms with Gasteiger partial charge in [0.2, 0.25) is 0 Å². The zero-order valence-corrected chi connectivity index (χ0v) is 5.02. The summed E-state index contributed by atoms with van der Waals surface area (Å²) in [6.07, 6.45) is 1.81. The zero-order chi connectivity index (χ0) is 6.41. The lowest BCUT2D eigenvalue weighted by molar-refractivity contribution is -0.121. The first-order valence-corrected chi connectivity index (χ1v) is 2.55. The van der Waals surface area contributed by atoms with E-state index >= 15 is 0 Å². The van der Waals surface area contributed by atoms with Crippen molar-refractivity contribution < 1.29 is 9.53 Å². The van der Waals surface area contributed by atoms with Crippen LogP contribution in [0.1, 0.15) is 13.3 Å². The largest absolute Gasteiger partial charge is 0.494 e. The number of carbonyl (C=O) groups excluding carboxylic acids is 1. The van der Waals surface area contributed by atoms with Gasteiger partial charge in [-0.2, -0.15) is 0 Å². The molecule has 0 bridgehead atoms. The van der Waals surface area contributed by atoms with E-state index < -0.39 is 0 Å². The topological polar surface area (TPSA) is 26.3 Å². The summed E-state index contributed by atoms with van der Waals surface area (Å²) in [5.41, 5.74) is 0. The highest BCUT2D eigenvalue weighted by Crippen LogP contribution is 1.81. The summed E-state index contributed by atoms with van der Waals surface area (Å²) in [6.45, 7) is 5.26. The van der Waals surface area contributed by atoms with Gasteiger partial charge >= 0.3 is 0 Å². The molecule has 0 aromatic carbocycles. The van der Waals surface area contributed by atoms with Crippen molar-refractivity contribution in [2.45, 2.75) is 13.3 Å². The van der Waals surface area contributed by atoms with E-state index in [4.69, 9.17) is 0 Å². The molecule has 0 saturated heterocycles. The quantitative estimate of drug-likeness (QED) is 0.512. The number of carbonyl (C=O) groups is 1. The van der Waals surface area contributed by atoms with Crippen LogP contribution in [0.15, 0.2) is 12.8 Å². The van der Waals surface area contributed by atoms with E-state index in [1.807, 2.05) is 0 Å². The van der Waals surface area contributed by atoms with Gasteiger partial charge in [-0.1, -0.05) is 13.5 Å². The SMILES string of the molecule is C=COCC(=O)CC. The molecule has 0 fully saturated rings. The third-order valence-electron chi connectivity index (χ3n) is 0.757. The maximum Gasteiger partial charge on any atom is 0.169 e. The van der Waals surface area contributed by atoms with Crippen LogP contribution < -0.4 is 0 Å². The second-order valence-corrected chi connectivity index (χ2v) is 1.37. The molecule has 8 heavy (non-hydrogen) atoms. The number of ketones is 1. The molecule has 0 atom stereocenters. The minimum absolute atomic E-state index is 0.102. The standard InChI is InChI=1S/C6H10O2/c1-3-6(7)5-8-4-2/h4H,2-3,5H2,1H3. The molecule has 0 aliphatic heterocycles. The summed E-state index contributed by atoms with van der Waals surface area (Å²) in [7, 11) is 0. The Morgan fingerprint density at radius 2 is 2.50 bits per heavy atom. The van der Waals surface area contributed by atoms with Gasteiger partial charge in [-0.15, -0.1) is 0 Å². The fourth-order valence-corrected chi connectivity index (χ4v) is 0.254. The minimum Gasteiger partial charge on any atom is -0.494 e. The second-order valence-electron chi connectivity index (χ2n) is 1.37. The summed E-state index contributed by atoms with van der Waals surface area (Å²) < 4.78 is 4.60. The number of hydrogen-bond donors (Lipinski definition) is 0. The maximum atomic E-state index is 10.4. The first-order chi connectivity index (χ1) is 3.81. The monoisotopic (exact) mass is 114 g/mol. The highest BCUT2D eigenvalue weighted by molar-refractivity contribution is 5.79. The highest BCUT2D eigenvalue weighted by Gasteiger charge is 1.93. The second kappa shape index (κ2) is 4.37. The van der Waals surface area contributed by atoms with Crippen LogP contribution in [-0.4, -0.2) is 12.4 Å². The van der Waals surface area contributed by atoms with E-state index in [1.54, 1.807) is 6.92 Å². The third kappa shape index (κ3) is 3.40. The molecule has 0 heterocycles. The Morgan fingerprint density at radius 3 is 2.88 bits per heavy atom. The Bertz CT molecular complexity index is 86.5. The average molecular weight is 114 g/mol. The van der Waals surface area contributed by atoms with Crippen molar-refractivity contribution in [2.24, 2.45) is 0 Å². The van der Waals surface area contributed by atoms with E-state index in [0.29, 0.717) is 6.42 Å². The fraction of sp³-hybridized carbons (Fsp3) is 0.500. The molecule has 0 amide bonds. The fourth-order valence-electron chi connectivity index (χ4n) is 0.254. The maximum absolute atomic E-state index is 10.4. The van der Waals surface area contributed by atoms with Crippen LogP contribution in [0.25, 0.3) is 0 Å². The molecule has 0 spiro atoms. The lowest BCUT2D eigenvalue weighted by Gasteiger charge is -1.93. The molecule has 0 aliphatic carbocycles. The predicted octanol–water partition coefficient (Wildman–Crippen LogP) is 1.13. The Morgan fingerprint density at radius 1 is 1.88 bits per heavy atom. The van der Waals surface area contributed by atoms with E-state index in [9.17, 15) is 4.79 Å². The van der Waals surface area contributed by atoms with Crippen molar-refractivity contribution in [3.05, 3.63) is 12.8 Å². The van der Waals surface area contributed by atoms with Crippen LogP contribution in [-0.2, 0) is 9.53 Å². The third-order valence-corrected chi connectivity index (χ3v) is 0.757. The Balaban J connectivity index is 3.11. The van der Waals surface area contributed by atoms with Crippen molar-refractivity contribution >= 4 is 5.78 Å². The van der Waals surface area contributed by atoms with Crippen LogP contribution in [0.3, 0.4) is 0 Å². The first kappa shape index (κ1) is 7.21. The zero-order valence-electron chi connectivity index (χ0n) is 5.02. The van der Waals surface area contributed by atoms with Crippen LogP contribution in [0.5, 0.6) is 0 Å². The van der Waals surface area contributed by atoms with Gasteiger partial charge in [-0.25, -0.2) is 0 Å².